The van der Waals surface area contributed by atoms with Crippen molar-refractivity contribution in [3.8, 4) is 11.4 Å². The summed E-state index contributed by atoms with van der Waals surface area (Å²) in [5.74, 6) is 0.717. The molecule has 1 fully saturated rings. The Morgan fingerprint density at radius 2 is 2.08 bits per heavy atom. The molecule has 2 aromatic heterocycles. The van der Waals surface area contributed by atoms with E-state index in [1.54, 1.807) is 12.4 Å². The largest absolute Gasteiger partial charge is 0.483 e. The second-order valence-corrected chi connectivity index (χ2v) is 5.85. The van der Waals surface area contributed by atoms with E-state index in [0.717, 1.165) is 11.3 Å². The normalized spacial score (nSPS) is 20.4. The van der Waals surface area contributed by atoms with Gasteiger partial charge in [-0.15, -0.1) is 0 Å². The van der Waals surface area contributed by atoms with Crippen LogP contribution >= 0.6 is 0 Å². The van der Waals surface area contributed by atoms with Crippen LogP contribution in [0.2, 0.25) is 0 Å². The molecule has 1 aliphatic heterocycles. The molecular weight excluding hydrogens is 306 g/mol. The van der Waals surface area contributed by atoms with E-state index in [9.17, 15) is 0 Å². The quantitative estimate of drug-likeness (QED) is 0.763. The minimum atomic E-state index is -0.101. The molecule has 0 saturated carbocycles. The predicted octanol–water partition coefficient (Wildman–Crippen LogP) is 1.22. The average Bonchev–Trinajstić information content (AvgIpc) is 3.33. The molecule has 1 aliphatic rings. The Labute approximate surface area is 139 Å². The molecule has 0 spiro atoms. The molecule has 7 heteroatoms. The number of hydrogen-bond acceptors (Lipinski definition) is 5. The Bertz CT molecular complexity index is 782. The molecule has 2 atom stereocenters. The lowest BCUT2D eigenvalue weighted by Gasteiger charge is -2.13. The smallest absolute Gasteiger partial charge is 0.157 e. The molecule has 0 amide bonds. The van der Waals surface area contributed by atoms with Gasteiger partial charge in [0.25, 0.3) is 0 Å². The lowest BCUT2D eigenvalue weighted by atomic mass is 10.2. The molecule has 4 rings (SSSR count). The van der Waals surface area contributed by atoms with Gasteiger partial charge in [0, 0.05) is 12.4 Å². The van der Waals surface area contributed by atoms with Crippen LogP contribution in [-0.2, 0) is 11.3 Å². The standard InChI is InChI=1S/C17H19N5O2/c18-16-11-23-12-17(16)24-15-8-20-21(10-15)9-13-2-4-14(5-3-13)22-7-1-6-19-22/h1-8,10,16-17H,9,11-12,18H2/t16-,17+/m0/s1. The van der Waals surface area contributed by atoms with Gasteiger partial charge in [0.15, 0.2) is 5.75 Å². The van der Waals surface area contributed by atoms with E-state index in [0.29, 0.717) is 25.5 Å². The van der Waals surface area contributed by atoms with E-state index in [2.05, 4.69) is 22.3 Å². The maximum absolute atomic E-state index is 5.93. The molecule has 2 N–H and O–H groups in total. The Morgan fingerprint density at radius 1 is 1.21 bits per heavy atom. The number of rotatable bonds is 5. The van der Waals surface area contributed by atoms with Crippen LogP contribution in [0, 0.1) is 0 Å². The summed E-state index contributed by atoms with van der Waals surface area (Å²) in [5, 5.41) is 8.56. The van der Waals surface area contributed by atoms with Gasteiger partial charge in [-0.2, -0.15) is 10.2 Å². The Balaban J connectivity index is 1.40. The van der Waals surface area contributed by atoms with E-state index < -0.39 is 0 Å². The fraction of sp³-hybridized carbons (Fsp3) is 0.294. The summed E-state index contributed by atoms with van der Waals surface area (Å²) in [6, 6.07) is 10.0. The van der Waals surface area contributed by atoms with Crippen molar-refractivity contribution in [3.63, 3.8) is 0 Å². The zero-order valence-corrected chi connectivity index (χ0v) is 13.2. The van der Waals surface area contributed by atoms with Crippen molar-refractivity contribution in [2.75, 3.05) is 13.2 Å². The fourth-order valence-electron chi connectivity index (χ4n) is 2.70. The monoisotopic (exact) mass is 325 g/mol. The topological polar surface area (TPSA) is 80.1 Å². The molecule has 0 radical (unpaired) electrons. The highest BCUT2D eigenvalue weighted by Crippen LogP contribution is 2.16. The highest BCUT2D eigenvalue weighted by Gasteiger charge is 2.26. The first-order valence-electron chi connectivity index (χ1n) is 7.89. The lowest BCUT2D eigenvalue weighted by molar-refractivity contribution is 0.140. The second-order valence-electron chi connectivity index (χ2n) is 5.85. The van der Waals surface area contributed by atoms with E-state index in [-0.39, 0.29) is 12.1 Å². The van der Waals surface area contributed by atoms with E-state index in [1.807, 2.05) is 40.0 Å². The number of nitrogens with two attached hydrogens (primary N) is 1. The predicted molar refractivity (Wildman–Crippen MR) is 88.1 cm³/mol. The molecule has 1 saturated heterocycles. The Hall–Kier alpha value is -2.64. The van der Waals surface area contributed by atoms with Gasteiger partial charge >= 0.3 is 0 Å². The number of ether oxygens (including phenoxy) is 2. The first-order valence-corrected chi connectivity index (χ1v) is 7.89. The van der Waals surface area contributed by atoms with Crippen molar-refractivity contribution in [1.29, 1.82) is 0 Å². The second kappa shape index (κ2) is 6.46. The molecule has 124 valence electrons. The summed E-state index contributed by atoms with van der Waals surface area (Å²) in [4.78, 5) is 0. The zero-order valence-electron chi connectivity index (χ0n) is 13.2. The number of aromatic nitrogens is 4. The zero-order chi connectivity index (χ0) is 16.4. The summed E-state index contributed by atoms with van der Waals surface area (Å²) in [7, 11) is 0. The summed E-state index contributed by atoms with van der Waals surface area (Å²) < 4.78 is 14.8. The first-order chi connectivity index (χ1) is 11.8. The number of hydrogen-bond donors (Lipinski definition) is 1. The van der Waals surface area contributed by atoms with Crippen LogP contribution in [0.15, 0.2) is 55.1 Å². The number of nitrogens with zero attached hydrogens (tertiary/aromatic N) is 4. The Morgan fingerprint density at radius 3 is 2.79 bits per heavy atom. The minimum absolute atomic E-state index is 0.0804. The average molecular weight is 325 g/mol. The van der Waals surface area contributed by atoms with Crippen LogP contribution in [0.4, 0.5) is 0 Å². The Kier molecular flexibility index (Phi) is 4.02. The summed E-state index contributed by atoms with van der Waals surface area (Å²) >= 11 is 0. The van der Waals surface area contributed by atoms with Crippen molar-refractivity contribution in [2.24, 2.45) is 5.73 Å². The molecule has 0 bridgehead atoms. The summed E-state index contributed by atoms with van der Waals surface area (Å²) in [5.41, 5.74) is 8.11. The van der Waals surface area contributed by atoms with E-state index in [1.165, 1.54) is 0 Å². The third-order valence-corrected chi connectivity index (χ3v) is 4.02. The summed E-state index contributed by atoms with van der Waals surface area (Å²) in [6.45, 7) is 1.75. The molecule has 24 heavy (non-hydrogen) atoms. The highest BCUT2D eigenvalue weighted by atomic mass is 16.5. The van der Waals surface area contributed by atoms with Gasteiger partial charge in [0.2, 0.25) is 0 Å². The van der Waals surface area contributed by atoms with Crippen molar-refractivity contribution in [3.05, 3.63) is 60.7 Å². The van der Waals surface area contributed by atoms with Gasteiger partial charge < -0.3 is 15.2 Å². The maximum atomic E-state index is 5.93. The van der Waals surface area contributed by atoms with Crippen LogP contribution in [0.5, 0.6) is 5.75 Å². The van der Waals surface area contributed by atoms with Crippen LogP contribution in [0.1, 0.15) is 5.56 Å². The molecule has 3 aromatic rings. The van der Waals surface area contributed by atoms with Crippen LogP contribution in [0.3, 0.4) is 0 Å². The van der Waals surface area contributed by atoms with Gasteiger partial charge in [-0.25, -0.2) is 4.68 Å². The minimum Gasteiger partial charge on any atom is -0.483 e. The third kappa shape index (κ3) is 3.17. The highest BCUT2D eigenvalue weighted by molar-refractivity contribution is 5.33. The third-order valence-electron chi connectivity index (χ3n) is 4.02. The molecule has 0 unspecified atom stereocenters. The van der Waals surface area contributed by atoms with Crippen molar-refractivity contribution >= 4 is 0 Å². The van der Waals surface area contributed by atoms with Crippen molar-refractivity contribution < 1.29 is 9.47 Å². The van der Waals surface area contributed by atoms with Crippen molar-refractivity contribution in [1.82, 2.24) is 19.6 Å². The first kappa shape index (κ1) is 14.9. The summed E-state index contributed by atoms with van der Waals surface area (Å²) in [6.07, 6.45) is 7.18. The maximum Gasteiger partial charge on any atom is 0.157 e. The van der Waals surface area contributed by atoms with Crippen LogP contribution < -0.4 is 10.5 Å². The SMILES string of the molecule is N[C@H]1COC[C@H]1Oc1cnn(Cc2ccc(-n3cccn3)cc2)c1. The lowest BCUT2D eigenvalue weighted by Crippen LogP contribution is -2.37. The number of benzene rings is 1. The van der Waals surface area contributed by atoms with Gasteiger partial charge in [0.1, 0.15) is 6.10 Å². The van der Waals surface area contributed by atoms with Crippen LogP contribution in [-0.4, -0.2) is 44.9 Å². The van der Waals surface area contributed by atoms with E-state index >= 15 is 0 Å². The molecule has 0 aliphatic carbocycles. The molecule has 1 aromatic carbocycles. The van der Waals surface area contributed by atoms with Crippen molar-refractivity contribution in [2.45, 2.75) is 18.7 Å². The van der Waals surface area contributed by atoms with E-state index in [4.69, 9.17) is 15.2 Å². The van der Waals surface area contributed by atoms with Gasteiger partial charge in [-0.3, -0.25) is 4.68 Å². The van der Waals surface area contributed by atoms with Gasteiger partial charge in [0.05, 0.1) is 43.9 Å². The van der Waals surface area contributed by atoms with Crippen LogP contribution in [0.25, 0.3) is 5.69 Å². The fourth-order valence-corrected chi connectivity index (χ4v) is 2.70. The molecular formula is C17H19N5O2. The van der Waals surface area contributed by atoms with Gasteiger partial charge in [-0.1, -0.05) is 12.1 Å². The van der Waals surface area contributed by atoms with Gasteiger partial charge in [-0.05, 0) is 23.8 Å². The molecule has 7 nitrogen and oxygen atoms in total. The molecule has 3 heterocycles.